The van der Waals surface area contributed by atoms with Crippen molar-refractivity contribution in [2.24, 2.45) is 0 Å². The third kappa shape index (κ3) is 4.56. The number of anilines is 1. The number of rotatable bonds is 6. The van der Waals surface area contributed by atoms with E-state index in [2.05, 4.69) is 20.8 Å². The highest BCUT2D eigenvalue weighted by molar-refractivity contribution is 5.99. The lowest BCUT2D eigenvalue weighted by molar-refractivity contribution is -0.115. The molecule has 0 unspecified atom stereocenters. The predicted octanol–water partition coefficient (Wildman–Crippen LogP) is 3.07. The molecule has 0 saturated carbocycles. The third-order valence-electron chi connectivity index (χ3n) is 4.14. The van der Waals surface area contributed by atoms with E-state index in [0.29, 0.717) is 22.8 Å². The van der Waals surface area contributed by atoms with Crippen molar-refractivity contribution in [3.63, 3.8) is 0 Å². The molecule has 0 bridgehead atoms. The van der Waals surface area contributed by atoms with Gasteiger partial charge in [-0.1, -0.05) is 29.3 Å². The van der Waals surface area contributed by atoms with E-state index in [4.69, 9.17) is 4.74 Å². The highest BCUT2D eigenvalue weighted by Gasteiger charge is 2.12. The van der Waals surface area contributed by atoms with Crippen LogP contribution in [0.25, 0.3) is 11.3 Å². The standard InChI is InChI=1S/C21H22N4O3/c1-13-8-14(2)10-15(9-13)21(27)22-12-20(26)23-19-11-17(24-25-19)16-6-4-5-7-18(16)28-3/h4-11H,12H2,1-3H3,(H,22,27)(H2,23,24,25,26). The Hall–Kier alpha value is -3.61. The van der Waals surface area contributed by atoms with Gasteiger partial charge in [0.15, 0.2) is 5.82 Å². The maximum Gasteiger partial charge on any atom is 0.251 e. The number of H-pyrrole nitrogens is 1. The van der Waals surface area contributed by atoms with E-state index >= 15 is 0 Å². The normalized spacial score (nSPS) is 10.4. The Morgan fingerprint density at radius 1 is 1.07 bits per heavy atom. The monoisotopic (exact) mass is 378 g/mol. The first kappa shape index (κ1) is 19.2. The van der Waals surface area contributed by atoms with E-state index in [1.807, 2.05) is 44.2 Å². The smallest absolute Gasteiger partial charge is 0.251 e. The highest BCUT2D eigenvalue weighted by atomic mass is 16.5. The van der Waals surface area contributed by atoms with E-state index in [1.165, 1.54) is 0 Å². The van der Waals surface area contributed by atoms with Gasteiger partial charge in [0, 0.05) is 17.2 Å². The van der Waals surface area contributed by atoms with Crippen molar-refractivity contribution in [1.29, 1.82) is 0 Å². The molecule has 144 valence electrons. The van der Waals surface area contributed by atoms with Crippen LogP contribution in [-0.2, 0) is 4.79 Å². The van der Waals surface area contributed by atoms with Gasteiger partial charge >= 0.3 is 0 Å². The van der Waals surface area contributed by atoms with Crippen LogP contribution in [0.4, 0.5) is 5.82 Å². The topological polar surface area (TPSA) is 96.1 Å². The summed E-state index contributed by atoms with van der Waals surface area (Å²) < 4.78 is 5.33. The van der Waals surface area contributed by atoms with Crippen LogP contribution in [0.3, 0.4) is 0 Å². The Labute approximate surface area is 163 Å². The number of amides is 2. The molecule has 0 radical (unpaired) electrons. The van der Waals surface area contributed by atoms with Crippen molar-refractivity contribution in [2.45, 2.75) is 13.8 Å². The van der Waals surface area contributed by atoms with Crippen LogP contribution < -0.4 is 15.4 Å². The first-order valence-electron chi connectivity index (χ1n) is 8.81. The molecule has 3 aromatic rings. The Balaban J connectivity index is 1.60. The molecular formula is C21H22N4O3. The Morgan fingerprint density at radius 2 is 1.79 bits per heavy atom. The molecule has 0 aliphatic carbocycles. The lowest BCUT2D eigenvalue weighted by Gasteiger charge is -2.07. The fourth-order valence-electron chi connectivity index (χ4n) is 2.95. The minimum absolute atomic E-state index is 0.150. The van der Waals surface area contributed by atoms with Crippen LogP contribution in [-0.4, -0.2) is 35.7 Å². The molecule has 0 atom stereocenters. The molecule has 7 heteroatoms. The van der Waals surface area contributed by atoms with Crippen LogP contribution in [0.5, 0.6) is 5.75 Å². The van der Waals surface area contributed by atoms with Crippen LogP contribution in [0.1, 0.15) is 21.5 Å². The lowest BCUT2D eigenvalue weighted by atomic mass is 10.1. The van der Waals surface area contributed by atoms with Crippen LogP contribution in [0, 0.1) is 13.8 Å². The van der Waals surface area contributed by atoms with Gasteiger partial charge in [-0.2, -0.15) is 5.10 Å². The lowest BCUT2D eigenvalue weighted by Crippen LogP contribution is -2.33. The van der Waals surface area contributed by atoms with Crippen molar-refractivity contribution >= 4 is 17.6 Å². The van der Waals surface area contributed by atoms with Crippen LogP contribution in [0.15, 0.2) is 48.5 Å². The number of nitrogens with zero attached hydrogens (tertiary/aromatic N) is 1. The molecule has 0 saturated heterocycles. The quantitative estimate of drug-likeness (QED) is 0.614. The maximum atomic E-state index is 12.2. The zero-order valence-electron chi connectivity index (χ0n) is 16.0. The van der Waals surface area contributed by atoms with Crippen LogP contribution >= 0.6 is 0 Å². The third-order valence-corrected chi connectivity index (χ3v) is 4.14. The Bertz CT molecular complexity index is 990. The summed E-state index contributed by atoms with van der Waals surface area (Å²) in [7, 11) is 1.59. The second-order valence-electron chi connectivity index (χ2n) is 6.47. The second-order valence-corrected chi connectivity index (χ2v) is 6.47. The van der Waals surface area contributed by atoms with Crippen molar-refractivity contribution in [3.05, 3.63) is 65.2 Å². The zero-order chi connectivity index (χ0) is 20.1. The van der Waals surface area contributed by atoms with E-state index in [1.54, 1.807) is 25.3 Å². The summed E-state index contributed by atoms with van der Waals surface area (Å²) in [6.45, 7) is 3.70. The predicted molar refractivity (Wildman–Crippen MR) is 107 cm³/mol. The van der Waals surface area contributed by atoms with Crippen molar-refractivity contribution < 1.29 is 14.3 Å². The molecule has 1 aromatic heterocycles. The molecule has 2 aromatic carbocycles. The number of aryl methyl sites for hydroxylation is 2. The zero-order valence-corrected chi connectivity index (χ0v) is 16.0. The molecular weight excluding hydrogens is 356 g/mol. The number of aromatic amines is 1. The number of para-hydroxylation sites is 1. The summed E-state index contributed by atoms with van der Waals surface area (Å²) in [5.74, 6) is 0.408. The SMILES string of the molecule is COc1ccccc1-c1cc(NC(=O)CNC(=O)c2cc(C)cc(C)c2)n[nH]1. The average molecular weight is 378 g/mol. The molecule has 0 fully saturated rings. The number of methoxy groups -OCH3 is 1. The highest BCUT2D eigenvalue weighted by Crippen LogP contribution is 2.29. The maximum absolute atomic E-state index is 12.2. The van der Waals surface area contributed by atoms with Gasteiger partial charge < -0.3 is 15.4 Å². The molecule has 0 spiro atoms. The average Bonchev–Trinajstić information content (AvgIpc) is 3.13. The molecule has 28 heavy (non-hydrogen) atoms. The summed E-state index contributed by atoms with van der Waals surface area (Å²) in [6, 6.07) is 14.8. The molecule has 7 nitrogen and oxygen atoms in total. The summed E-state index contributed by atoms with van der Waals surface area (Å²) >= 11 is 0. The molecule has 0 aliphatic heterocycles. The summed E-state index contributed by atoms with van der Waals surface area (Å²) in [5, 5.41) is 12.2. The number of nitrogens with one attached hydrogen (secondary N) is 3. The van der Waals surface area contributed by atoms with Gasteiger partial charge in [-0.25, -0.2) is 0 Å². The van der Waals surface area contributed by atoms with Crippen LogP contribution in [0.2, 0.25) is 0 Å². The van der Waals surface area contributed by atoms with Gasteiger partial charge in [0.25, 0.3) is 5.91 Å². The largest absolute Gasteiger partial charge is 0.496 e. The van der Waals surface area contributed by atoms with E-state index in [0.717, 1.165) is 16.7 Å². The van der Waals surface area contributed by atoms with Gasteiger partial charge in [0.2, 0.25) is 5.91 Å². The molecule has 3 N–H and O–H groups in total. The molecule has 2 amide bonds. The molecule has 3 rings (SSSR count). The first-order chi connectivity index (χ1) is 13.5. The number of aromatic nitrogens is 2. The minimum Gasteiger partial charge on any atom is -0.496 e. The van der Waals surface area contributed by atoms with E-state index in [9.17, 15) is 9.59 Å². The number of carbonyl (C=O) groups excluding carboxylic acids is 2. The fourth-order valence-corrected chi connectivity index (χ4v) is 2.95. The fraction of sp³-hybridized carbons (Fsp3) is 0.190. The number of ether oxygens (including phenoxy) is 1. The molecule has 1 heterocycles. The summed E-state index contributed by atoms with van der Waals surface area (Å²) in [4.78, 5) is 24.4. The summed E-state index contributed by atoms with van der Waals surface area (Å²) in [6.07, 6.45) is 0. The number of benzene rings is 2. The van der Waals surface area contributed by atoms with E-state index < -0.39 is 0 Å². The van der Waals surface area contributed by atoms with Gasteiger partial charge in [-0.15, -0.1) is 0 Å². The van der Waals surface area contributed by atoms with Gasteiger partial charge in [0.05, 0.1) is 19.3 Å². The minimum atomic E-state index is -0.365. The van der Waals surface area contributed by atoms with Crippen molar-refractivity contribution in [3.8, 4) is 17.0 Å². The van der Waals surface area contributed by atoms with Gasteiger partial charge in [-0.3, -0.25) is 14.7 Å². The number of hydrogen-bond donors (Lipinski definition) is 3. The van der Waals surface area contributed by atoms with Gasteiger partial charge in [0.1, 0.15) is 5.75 Å². The molecule has 0 aliphatic rings. The number of hydrogen-bond acceptors (Lipinski definition) is 4. The van der Waals surface area contributed by atoms with Crippen molar-refractivity contribution in [2.75, 3.05) is 19.0 Å². The van der Waals surface area contributed by atoms with Gasteiger partial charge in [-0.05, 0) is 38.1 Å². The first-order valence-corrected chi connectivity index (χ1v) is 8.81. The second kappa shape index (κ2) is 8.39. The number of carbonyl (C=O) groups is 2. The van der Waals surface area contributed by atoms with E-state index in [-0.39, 0.29) is 18.4 Å². The Kier molecular flexibility index (Phi) is 5.74. The van der Waals surface area contributed by atoms with Crippen molar-refractivity contribution in [1.82, 2.24) is 15.5 Å². The Morgan fingerprint density at radius 3 is 2.50 bits per heavy atom. The summed E-state index contributed by atoms with van der Waals surface area (Å²) in [5.41, 5.74) is 4.07.